The lowest BCUT2D eigenvalue weighted by Gasteiger charge is -2.17. The van der Waals surface area contributed by atoms with Crippen molar-refractivity contribution in [3.8, 4) is 0 Å². The number of fused-ring (bicyclic) bond motifs is 2. The molecule has 2 heterocycles. The van der Waals surface area contributed by atoms with Gasteiger partial charge < -0.3 is 16.0 Å². The maximum atomic E-state index is 12.9. The van der Waals surface area contributed by atoms with Gasteiger partial charge in [0.15, 0.2) is 5.13 Å². The van der Waals surface area contributed by atoms with Gasteiger partial charge in [-0.3, -0.25) is 14.4 Å². The molecule has 0 atom stereocenters. The van der Waals surface area contributed by atoms with Gasteiger partial charge in [0.25, 0.3) is 5.91 Å². The summed E-state index contributed by atoms with van der Waals surface area (Å²) in [6, 6.07) is 8.89. The molecule has 0 saturated carbocycles. The average molecular weight is 494 g/mol. The molecule has 3 aromatic rings. The van der Waals surface area contributed by atoms with Gasteiger partial charge in [-0.05, 0) is 36.4 Å². The summed E-state index contributed by atoms with van der Waals surface area (Å²) in [6.07, 6.45) is 0. The van der Waals surface area contributed by atoms with Crippen LogP contribution in [0.4, 0.5) is 10.8 Å². The van der Waals surface area contributed by atoms with Crippen LogP contribution < -0.4 is 16.0 Å². The first-order chi connectivity index (χ1) is 15.1. The number of anilines is 2. The summed E-state index contributed by atoms with van der Waals surface area (Å²) in [7, 11) is -2.84. The molecule has 0 aliphatic carbocycles. The van der Waals surface area contributed by atoms with Gasteiger partial charge in [0, 0.05) is 12.1 Å². The van der Waals surface area contributed by atoms with Crippen LogP contribution in [0.3, 0.4) is 0 Å². The number of nitrogens with zero attached hydrogens (tertiary/aromatic N) is 2. The maximum absolute atomic E-state index is 12.9. The Labute approximate surface area is 191 Å². The molecular formula is C19H16ClN5O5S2. The quantitative estimate of drug-likeness (QED) is 0.496. The second kappa shape index (κ2) is 8.47. The monoisotopic (exact) mass is 493 g/mol. The van der Waals surface area contributed by atoms with Crippen LogP contribution in [0, 0.1) is 0 Å². The topological polar surface area (TPSA) is 138 Å². The van der Waals surface area contributed by atoms with Crippen LogP contribution in [-0.2, 0) is 19.6 Å². The fourth-order valence-electron chi connectivity index (χ4n) is 3.01. The third kappa shape index (κ3) is 4.43. The van der Waals surface area contributed by atoms with E-state index < -0.39 is 34.3 Å². The first kappa shape index (κ1) is 22.1. The van der Waals surface area contributed by atoms with E-state index in [4.69, 9.17) is 11.6 Å². The molecule has 1 aromatic heterocycles. The minimum atomic E-state index is -4.09. The number of likely N-dealkylation sites (N-methyl/N-ethyl adjacent to an activating group) is 1. The zero-order chi connectivity index (χ0) is 23.0. The molecule has 0 unspecified atom stereocenters. The third-order valence-corrected chi connectivity index (χ3v) is 7.56. The number of hydrogen-bond acceptors (Lipinski definition) is 7. The average Bonchev–Trinajstić information content (AvgIpc) is 3.06. The van der Waals surface area contributed by atoms with Crippen molar-refractivity contribution in [3.05, 3.63) is 47.0 Å². The van der Waals surface area contributed by atoms with Crippen molar-refractivity contribution in [3.63, 3.8) is 0 Å². The summed E-state index contributed by atoms with van der Waals surface area (Å²) in [4.78, 5) is 40.3. The molecule has 0 saturated heterocycles. The van der Waals surface area contributed by atoms with Gasteiger partial charge in [-0.25, -0.2) is 13.4 Å². The van der Waals surface area contributed by atoms with Crippen molar-refractivity contribution in [1.29, 1.82) is 0 Å². The molecule has 0 radical (unpaired) electrons. The van der Waals surface area contributed by atoms with E-state index in [1.807, 2.05) is 0 Å². The van der Waals surface area contributed by atoms with Crippen LogP contribution >= 0.6 is 22.9 Å². The second-order valence-electron chi connectivity index (χ2n) is 6.88. The lowest BCUT2D eigenvalue weighted by molar-refractivity contribution is -0.116. The zero-order valence-corrected chi connectivity index (χ0v) is 18.9. The normalized spacial score (nSPS) is 14.0. The van der Waals surface area contributed by atoms with E-state index in [2.05, 4.69) is 20.9 Å². The Hall–Kier alpha value is -3.06. The number of aromatic nitrogens is 1. The minimum absolute atomic E-state index is 0.0166. The van der Waals surface area contributed by atoms with E-state index in [1.54, 1.807) is 18.2 Å². The molecule has 1 aliphatic heterocycles. The highest BCUT2D eigenvalue weighted by atomic mass is 35.5. The highest BCUT2D eigenvalue weighted by Gasteiger charge is 2.27. The fraction of sp³-hybridized carbons (Fsp3) is 0.158. The lowest BCUT2D eigenvalue weighted by Crippen LogP contribution is -2.35. The van der Waals surface area contributed by atoms with Gasteiger partial charge >= 0.3 is 0 Å². The smallest absolute Gasteiger partial charge is 0.253 e. The van der Waals surface area contributed by atoms with E-state index in [-0.39, 0.29) is 22.7 Å². The first-order valence-electron chi connectivity index (χ1n) is 9.18. The SMILES string of the molecule is CN(CC(=O)Nc1nc2ccc(Cl)cc2s1)S(=O)(=O)c1ccc2c(c1)C(=O)NCC(=O)N2. The number of thiazole rings is 1. The molecule has 10 nitrogen and oxygen atoms in total. The molecule has 0 bridgehead atoms. The van der Waals surface area contributed by atoms with Gasteiger partial charge in [-0.2, -0.15) is 4.31 Å². The van der Waals surface area contributed by atoms with E-state index in [9.17, 15) is 22.8 Å². The van der Waals surface area contributed by atoms with Gasteiger partial charge in [-0.15, -0.1) is 0 Å². The van der Waals surface area contributed by atoms with E-state index in [0.717, 1.165) is 15.1 Å². The molecule has 3 amide bonds. The Morgan fingerprint density at radius 2 is 2.03 bits per heavy atom. The summed E-state index contributed by atoms with van der Waals surface area (Å²) in [5, 5.41) is 8.36. The van der Waals surface area contributed by atoms with Crippen molar-refractivity contribution < 1.29 is 22.8 Å². The molecule has 2 aromatic carbocycles. The van der Waals surface area contributed by atoms with Gasteiger partial charge in [0.1, 0.15) is 0 Å². The summed E-state index contributed by atoms with van der Waals surface area (Å²) in [5.41, 5.74) is 0.884. The molecule has 1 aliphatic rings. The molecule has 0 spiro atoms. The Balaban J connectivity index is 1.50. The van der Waals surface area contributed by atoms with Crippen LogP contribution in [0.25, 0.3) is 10.2 Å². The number of rotatable bonds is 5. The van der Waals surface area contributed by atoms with E-state index >= 15 is 0 Å². The summed E-state index contributed by atoms with van der Waals surface area (Å²) < 4.78 is 27.5. The highest BCUT2D eigenvalue weighted by Crippen LogP contribution is 2.28. The molecule has 0 fully saturated rings. The summed E-state index contributed by atoms with van der Waals surface area (Å²) in [6.45, 7) is -0.688. The maximum Gasteiger partial charge on any atom is 0.253 e. The largest absolute Gasteiger partial charge is 0.343 e. The Bertz CT molecular complexity index is 1370. The van der Waals surface area contributed by atoms with Crippen molar-refractivity contribution in [2.75, 3.05) is 30.8 Å². The Morgan fingerprint density at radius 3 is 2.81 bits per heavy atom. The summed E-state index contributed by atoms with van der Waals surface area (Å²) >= 11 is 7.17. The number of sulfonamides is 1. The van der Waals surface area contributed by atoms with Gasteiger partial charge in [-0.1, -0.05) is 22.9 Å². The number of nitrogens with one attached hydrogen (secondary N) is 3. The summed E-state index contributed by atoms with van der Waals surface area (Å²) in [5.74, 6) is -1.58. The fourth-order valence-corrected chi connectivity index (χ4v) is 5.32. The molecule has 4 rings (SSSR count). The van der Waals surface area contributed by atoms with Gasteiger partial charge in [0.05, 0.1) is 39.5 Å². The number of carbonyl (C=O) groups excluding carboxylic acids is 3. The van der Waals surface area contributed by atoms with Crippen molar-refractivity contribution in [2.24, 2.45) is 0 Å². The molecule has 3 N–H and O–H groups in total. The zero-order valence-electron chi connectivity index (χ0n) is 16.5. The van der Waals surface area contributed by atoms with Crippen LogP contribution in [0.5, 0.6) is 0 Å². The lowest BCUT2D eigenvalue weighted by atomic mass is 10.1. The van der Waals surface area contributed by atoms with E-state index in [0.29, 0.717) is 15.7 Å². The minimum Gasteiger partial charge on any atom is -0.343 e. The first-order valence-corrected chi connectivity index (χ1v) is 11.8. The van der Waals surface area contributed by atoms with Crippen LogP contribution in [0.2, 0.25) is 5.02 Å². The number of amides is 3. The standard InChI is InChI=1S/C19H16ClN5O5S2/c1-25(9-17(27)24-19-23-14-4-2-10(20)6-15(14)31-19)32(29,30)11-3-5-13-12(7-11)18(28)21-8-16(26)22-13/h2-7H,8-9H2,1H3,(H,21,28)(H,22,26)(H,23,24,27). The molecule has 13 heteroatoms. The van der Waals surface area contributed by atoms with Crippen molar-refractivity contribution in [2.45, 2.75) is 4.90 Å². The van der Waals surface area contributed by atoms with Gasteiger partial charge in [0.2, 0.25) is 21.8 Å². The van der Waals surface area contributed by atoms with E-state index in [1.165, 1.54) is 30.5 Å². The third-order valence-electron chi connectivity index (χ3n) is 4.59. The number of carbonyl (C=O) groups is 3. The van der Waals surface area contributed by atoms with Crippen LogP contribution in [0.1, 0.15) is 10.4 Å². The predicted molar refractivity (Wildman–Crippen MR) is 120 cm³/mol. The number of hydrogen-bond donors (Lipinski definition) is 3. The van der Waals surface area contributed by atoms with Crippen LogP contribution in [0.15, 0.2) is 41.3 Å². The molecule has 166 valence electrons. The molecular weight excluding hydrogens is 478 g/mol. The number of halogens is 1. The highest BCUT2D eigenvalue weighted by molar-refractivity contribution is 7.89. The molecule has 32 heavy (non-hydrogen) atoms. The Kier molecular flexibility index (Phi) is 5.86. The Morgan fingerprint density at radius 1 is 1.25 bits per heavy atom. The number of benzene rings is 2. The van der Waals surface area contributed by atoms with Crippen molar-refractivity contribution >= 4 is 71.7 Å². The van der Waals surface area contributed by atoms with Crippen LogP contribution in [-0.4, -0.2) is 55.6 Å². The predicted octanol–water partition coefficient (Wildman–Crippen LogP) is 1.89. The van der Waals surface area contributed by atoms with Crippen molar-refractivity contribution in [1.82, 2.24) is 14.6 Å². The second-order valence-corrected chi connectivity index (χ2v) is 10.4.